The molecule has 1 aliphatic rings. The van der Waals surface area contributed by atoms with E-state index in [1.807, 2.05) is 0 Å². The molecule has 4 nitrogen and oxygen atoms in total. The Kier molecular flexibility index (Phi) is 7.81. The van der Waals surface area contributed by atoms with E-state index < -0.39 is 62.8 Å². The van der Waals surface area contributed by atoms with Gasteiger partial charge in [0.2, 0.25) is 5.91 Å². The molecule has 0 spiro atoms. The van der Waals surface area contributed by atoms with Crippen molar-refractivity contribution >= 4 is 58.0 Å². The van der Waals surface area contributed by atoms with Gasteiger partial charge in [-0.05, 0) is 66.2 Å². The number of carbonyl (C=O) groups excluding carboxylic acids is 2. The van der Waals surface area contributed by atoms with Crippen molar-refractivity contribution < 1.29 is 40.3 Å². The molecule has 1 saturated carbocycles. The maximum absolute atomic E-state index is 13.3. The molecule has 2 amide bonds. The smallest absolute Gasteiger partial charge is 0.326 e. The van der Waals surface area contributed by atoms with E-state index in [4.69, 9.17) is 34.8 Å². The Morgan fingerprint density at radius 3 is 1.95 bits per heavy atom. The van der Waals surface area contributed by atoms with Gasteiger partial charge in [0.15, 0.2) is 0 Å². The van der Waals surface area contributed by atoms with Crippen molar-refractivity contribution in [2.45, 2.75) is 22.6 Å². The van der Waals surface area contributed by atoms with Crippen LogP contribution in [0, 0.1) is 11.7 Å². The quantitative estimate of drug-likeness (QED) is 0.229. The van der Waals surface area contributed by atoms with Gasteiger partial charge in [-0.15, -0.1) is 23.2 Å². The SMILES string of the molecule is CN(C(=O)c1cc(NC(=O)[C@H]2[C@H](c3cc(C(F)(F)F)cc(C(F)(F)F)c3)C2(Cl)Cl)ccc1Cl)c1ccc(F)cc1. The molecule has 3 aromatic rings. The predicted molar refractivity (Wildman–Crippen MR) is 136 cm³/mol. The van der Waals surface area contributed by atoms with Crippen molar-refractivity contribution in [2.75, 3.05) is 17.3 Å². The van der Waals surface area contributed by atoms with Crippen LogP contribution in [0.25, 0.3) is 0 Å². The molecule has 2 atom stereocenters. The average Bonchev–Trinajstić information content (AvgIpc) is 3.45. The number of nitrogens with zero attached hydrogens (tertiary/aromatic N) is 1. The summed E-state index contributed by atoms with van der Waals surface area (Å²) < 4.78 is 91.0. The van der Waals surface area contributed by atoms with Gasteiger partial charge < -0.3 is 10.2 Å². The van der Waals surface area contributed by atoms with Gasteiger partial charge in [0.25, 0.3) is 5.91 Å². The minimum Gasteiger partial charge on any atom is -0.326 e. The second kappa shape index (κ2) is 10.4. The van der Waals surface area contributed by atoms with Crippen LogP contribution in [-0.4, -0.2) is 23.2 Å². The van der Waals surface area contributed by atoms with Crippen LogP contribution in [0.15, 0.2) is 60.7 Å². The van der Waals surface area contributed by atoms with Gasteiger partial charge in [0.05, 0.1) is 27.6 Å². The maximum Gasteiger partial charge on any atom is 0.416 e. The normalized spacial score (nSPS) is 18.3. The van der Waals surface area contributed by atoms with Gasteiger partial charge in [0, 0.05) is 24.3 Å². The molecule has 0 radical (unpaired) electrons. The van der Waals surface area contributed by atoms with Crippen molar-refractivity contribution in [1.29, 1.82) is 0 Å². The van der Waals surface area contributed by atoms with Crippen LogP contribution in [0.2, 0.25) is 5.02 Å². The first kappa shape index (κ1) is 30.0. The number of benzene rings is 3. The first-order valence-corrected chi connectivity index (χ1v) is 12.4. The molecule has 1 N–H and O–H groups in total. The van der Waals surface area contributed by atoms with Crippen LogP contribution in [0.4, 0.5) is 42.1 Å². The lowest BCUT2D eigenvalue weighted by atomic mass is 10.0. The van der Waals surface area contributed by atoms with E-state index in [0.717, 1.165) is 12.1 Å². The molecule has 0 aromatic heterocycles. The minimum atomic E-state index is -5.10. The van der Waals surface area contributed by atoms with Crippen LogP contribution in [0.1, 0.15) is 33.0 Å². The summed E-state index contributed by atoms with van der Waals surface area (Å²) in [5.41, 5.74) is -3.35. The van der Waals surface area contributed by atoms with E-state index in [-0.39, 0.29) is 22.3 Å². The molecule has 0 saturated heterocycles. The highest BCUT2D eigenvalue weighted by atomic mass is 35.5. The third-order valence-electron chi connectivity index (χ3n) is 6.29. The fraction of sp³-hybridized carbons (Fsp3) is 0.231. The Bertz CT molecular complexity index is 1440. The summed E-state index contributed by atoms with van der Waals surface area (Å²) in [6, 6.07) is 9.75. The summed E-state index contributed by atoms with van der Waals surface area (Å²) in [5.74, 6) is -4.85. The van der Waals surface area contributed by atoms with Crippen molar-refractivity contribution in [3.05, 3.63) is 93.8 Å². The lowest BCUT2D eigenvalue weighted by Gasteiger charge is -2.18. The van der Waals surface area contributed by atoms with E-state index in [2.05, 4.69) is 5.32 Å². The Labute approximate surface area is 237 Å². The number of anilines is 2. The van der Waals surface area contributed by atoms with Crippen LogP contribution in [0.3, 0.4) is 0 Å². The van der Waals surface area contributed by atoms with Crippen molar-refractivity contribution in [2.24, 2.45) is 5.92 Å². The monoisotopic (exact) mass is 626 g/mol. The van der Waals surface area contributed by atoms with Gasteiger partial charge in [-0.3, -0.25) is 9.59 Å². The number of halogens is 10. The zero-order valence-electron chi connectivity index (χ0n) is 20.0. The van der Waals surface area contributed by atoms with Gasteiger partial charge in [0.1, 0.15) is 10.2 Å². The summed E-state index contributed by atoms with van der Waals surface area (Å²) in [7, 11) is 1.41. The maximum atomic E-state index is 13.3. The number of amides is 2. The molecule has 3 aromatic carbocycles. The Balaban J connectivity index is 1.59. The molecular formula is C26H16Cl3F7N2O2. The second-order valence-electron chi connectivity index (χ2n) is 8.99. The van der Waals surface area contributed by atoms with Gasteiger partial charge in [-0.25, -0.2) is 4.39 Å². The van der Waals surface area contributed by atoms with E-state index in [1.54, 1.807) is 0 Å². The standard InChI is InChI=1S/C26H16Cl3F7N2O2/c1-38(17-5-2-15(30)3-6-17)23(40)18-11-16(4-7-19(18)27)37-22(39)21-20(24(21,28)29)12-8-13(25(31,32)33)10-14(9-12)26(34,35)36/h2-11,20-21H,1H3,(H,37,39)/t20-,21+/m0/s1. The Hall–Kier alpha value is -3.02. The zero-order chi connectivity index (χ0) is 29.8. The largest absolute Gasteiger partial charge is 0.416 e. The first-order chi connectivity index (χ1) is 18.4. The Morgan fingerprint density at radius 2 is 1.43 bits per heavy atom. The van der Waals surface area contributed by atoms with E-state index in [1.165, 1.54) is 42.3 Å². The summed E-state index contributed by atoms with van der Waals surface area (Å²) >= 11 is 18.5. The molecule has 40 heavy (non-hydrogen) atoms. The molecule has 0 bridgehead atoms. The van der Waals surface area contributed by atoms with Gasteiger partial charge in [-0.2, -0.15) is 26.3 Å². The molecule has 1 fully saturated rings. The number of nitrogens with one attached hydrogen (secondary N) is 1. The van der Waals surface area contributed by atoms with E-state index in [9.17, 15) is 40.3 Å². The third kappa shape index (κ3) is 6.01. The lowest BCUT2D eigenvalue weighted by Crippen LogP contribution is -2.26. The highest BCUT2D eigenvalue weighted by Crippen LogP contribution is 2.65. The fourth-order valence-corrected chi connectivity index (χ4v) is 5.20. The highest BCUT2D eigenvalue weighted by Gasteiger charge is 2.68. The number of hydrogen-bond acceptors (Lipinski definition) is 2. The number of rotatable bonds is 5. The molecule has 14 heteroatoms. The number of carbonyl (C=O) groups is 2. The van der Waals surface area contributed by atoms with Crippen LogP contribution >= 0.6 is 34.8 Å². The molecule has 212 valence electrons. The van der Waals surface area contributed by atoms with Crippen molar-refractivity contribution in [1.82, 2.24) is 0 Å². The first-order valence-electron chi connectivity index (χ1n) is 11.2. The summed E-state index contributed by atoms with van der Waals surface area (Å²) in [5, 5.41) is 2.43. The Morgan fingerprint density at radius 1 is 0.875 bits per heavy atom. The zero-order valence-corrected chi connectivity index (χ0v) is 22.2. The third-order valence-corrected chi connectivity index (χ3v) is 7.56. The molecule has 0 aliphatic heterocycles. The second-order valence-corrected chi connectivity index (χ2v) is 10.8. The fourth-order valence-electron chi connectivity index (χ4n) is 4.18. The number of alkyl halides is 8. The van der Waals surface area contributed by atoms with Crippen LogP contribution in [0.5, 0.6) is 0 Å². The average molecular weight is 628 g/mol. The molecule has 0 heterocycles. The summed E-state index contributed by atoms with van der Waals surface area (Å²) in [6.45, 7) is 0. The summed E-state index contributed by atoms with van der Waals surface area (Å²) in [6.07, 6.45) is -10.2. The topological polar surface area (TPSA) is 49.4 Å². The van der Waals surface area contributed by atoms with E-state index >= 15 is 0 Å². The van der Waals surface area contributed by atoms with Crippen LogP contribution < -0.4 is 10.2 Å². The predicted octanol–water partition coefficient (Wildman–Crippen LogP) is 8.32. The van der Waals surface area contributed by atoms with Gasteiger partial charge in [-0.1, -0.05) is 11.6 Å². The van der Waals surface area contributed by atoms with Crippen molar-refractivity contribution in [3.8, 4) is 0 Å². The highest BCUT2D eigenvalue weighted by molar-refractivity contribution is 6.53. The molecular weight excluding hydrogens is 612 g/mol. The molecule has 0 unspecified atom stereocenters. The summed E-state index contributed by atoms with van der Waals surface area (Å²) in [4.78, 5) is 27.2. The van der Waals surface area contributed by atoms with Gasteiger partial charge >= 0.3 is 12.4 Å². The molecule has 4 rings (SSSR count). The van der Waals surface area contributed by atoms with Crippen LogP contribution in [-0.2, 0) is 17.1 Å². The number of hydrogen-bond donors (Lipinski definition) is 1. The lowest BCUT2D eigenvalue weighted by molar-refractivity contribution is -0.143. The minimum absolute atomic E-state index is 0.00828. The molecule has 1 aliphatic carbocycles. The van der Waals surface area contributed by atoms with E-state index in [0.29, 0.717) is 17.8 Å². The van der Waals surface area contributed by atoms with Crippen molar-refractivity contribution in [3.63, 3.8) is 0 Å².